The van der Waals surface area contributed by atoms with Gasteiger partial charge in [0, 0.05) is 34.9 Å². The van der Waals surface area contributed by atoms with Gasteiger partial charge in [0.15, 0.2) is 6.61 Å². The van der Waals surface area contributed by atoms with Gasteiger partial charge in [0.25, 0.3) is 5.91 Å². The van der Waals surface area contributed by atoms with Gasteiger partial charge in [-0.3, -0.25) is 4.79 Å². The number of nitrogens with one attached hydrogen (secondary N) is 1. The number of halogens is 2. The first-order valence-corrected chi connectivity index (χ1v) is 11.7. The van der Waals surface area contributed by atoms with Crippen LogP contribution in [0.1, 0.15) is 5.56 Å². The number of nitrogens with zero attached hydrogens (tertiary/aromatic N) is 1. The monoisotopic (exact) mass is 498 g/mol. The number of esters is 1. The molecular weight excluding hydrogens is 479 g/mol. The highest BCUT2D eigenvalue weighted by Crippen LogP contribution is 2.22. The maximum absolute atomic E-state index is 12.7. The molecule has 8 nitrogen and oxygen atoms in total. The Hall–Kier alpha value is -2.43. The average molecular weight is 499 g/mol. The molecule has 0 unspecified atom stereocenters. The average Bonchev–Trinajstić information content (AvgIpc) is 2.78. The maximum atomic E-state index is 12.7. The molecule has 1 aliphatic heterocycles. The Morgan fingerprint density at radius 3 is 2.59 bits per heavy atom. The quantitative estimate of drug-likeness (QED) is 0.464. The van der Waals surface area contributed by atoms with E-state index in [2.05, 4.69) is 5.32 Å². The molecule has 0 saturated carbocycles. The van der Waals surface area contributed by atoms with Crippen molar-refractivity contribution in [1.29, 1.82) is 0 Å². The molecule has 0 spiro atoms. The van der Waals surface area contributed by atoms with Gasteiger partial charge in [-0.05, 0) is 42.0 Å². The highest BCUT2D eigenvalue weighted by Gasteiger charge is 2.26. The molecule has 2 aromatic carbocycles. The van der Waals surface area contributed by atoms with E-state index in [0.717, 1.165) is 6.08 Å². The molecule has 1 amide bonds. The molecule has 11 heteroatoms. The normalized spacial score (nSPS) is 14.9. The lowest BCUT2D eigenvalue weighted by Gasteiger charge is -2.26. The lowest BCUT2D eigenvalue weighted by Crippen LogP contribution is -2.40. The number of hydrogen-bond donors (Lipinski definition) is 1. The van der Waals surface area contributed by atoms with Crippen molar-refractivity contribution in [3.63, 3.8) is 0 Å². The number of rotatable bonds is 7. The molecule has 0 bridgehead atoms. The molecule has 1 fully saturated rings. The number of benzene rings is 2. The summed E-state index contributed by atoms with van der Waals surface area (Å²) in [5.41, 5.74) is 0.833. The van der Waals surface area contributed by atoms with E-state index in [1.54, 1.807) is 18.2 Å². The van der Waals surface area contributed by atoms with Gasteiger partial charge in [-0.2, -0.15) is 4.31 Å². The third-order valence-corrected chi connectivity index (χ3v) is 6.89. The summed E-state index contributed by atoms with van der Waals surface area (Å²) in [4.78, 5) is 24.0. The van der Waals surface area contributed by atoms with E-state index >= 15 is 0 Å². The molecule has 1 heterocycles. The number of sulfonamides is 1. The number of carbonyl (C=O) groups excluding carboxylic acids is 2. The van der Waals surface area contributed by atoms with Crippen LogP contribution in [0.15, 0.2) is 53.4 Å². The Kier molecular flexibility index (Phi) is 8.27. The van der Waals surface area contributed by atoms with Gasteiger partial charge < -0.3 is 14.8 Å². The van der Waals surface area contributed by atoms with Gasteiger partial charge in [0.05, 0.1) is 18.1 Å². The van der Waals surface area contributed by atoms with Crippen molar-refractivity contribution in [2.75, 3.05) is 38.2 Å². The predicted octanol–water partition coefficient (Wildman–Crippen LogP) is 3.21. The van der Waals surface area contributed by atoms with Crippen molar-refractivity contribution in [3.8, 4) is 0 Å². The Bertz CT molecular complexity index is 1130. The second kappa shape index (κ2) is 10.9. The first-order chi connectivity index (χ1) is 15.3. The lowest BCUT2D eigenvalue weighted by molar-refractivity contribution is -0.142. The van der Waals surface area contributed by atoms with E-state index in [1.807, 2.05) is 0 Å². The summed E-state index contributed by atoms with van der Waals surface area (Å²) in [6.07, 6.45) is 2.58. The van der Waals surface area contributed by atoms with Crippen LogP contribution in [0.25, 0.3) is 6.08 Å². The highest BCUT2D eigenvalue weighted by atomic mass is 35.5. The van der Waals surface area contributed by atoms with Crippen LogP contribution in [0.4, 0.5) is 5.69 Å². The largest absolute Gasteiger partial charge is 0.452 e. The molecule has 3 rings (SSSR count). The summed E-state index contributed by atoms with van der Waals surface area (Å²) >= 11 is 11.8. The summed E-state index contributed by atoms with van der Waals surface area (Å²) in [7, 11) is -3.70. The standard InChI is InChI=1S/C21H20Cl2N2O6S/c22-16-6-4-15(19(23)12-16)5-7-21(27)31-14-20(26)24-17-2-1-3-18(13-17)32(28,29)25-8-10-30-11-9-25/h1-7,12-13H,8-11,14H2,(H,24,26)/b7-5+. The molecule has 32 heavy (non-hydrogen) atoms. The van der Waals surface area contributed by atoms with E-state index in [1.165, 1.54) is 34.6 Å². The molecular formula is C21H20Cl2N2O6S. The fourth-order valence-corrected chi connectivity index (χ4v) is 4.77. The summed E-state index contributed by atoms with van der Waals surface area (Å²) < 4.78 is 36.9. The number of hydrogen-bond acceptors (Lipinski definition) is 6. The smallest absolute Gasteiger partial charge is 0.331 e. The first-order valence-electron chi connectivity index (χ1n) is 9.53. The molecule has 1 saturated heterocycles. The minimum absolute atomic E-state index is 0.0528. The van der Waals surface area contributed by atoms with Crippen LogP contribution in [0.5, 0.6) is 0 Å². The Balaban J connectivity index is 1.55. The third kappa shape index (κ3) is 6.54. The second-order valence-electron chi connectivity index (χ2n) is 6.70. The zero-order valence-electron chi connectivity index (χ0n) is 16.8. The van der Waals surface area contributed by atoms with Crippen molar-refractivity contribution in [2.24, 2.45) is 0 Å². The van der Waals surface area contributed by atoms with Gasteiger partial charge in [0.1, 0.15) is 0 Å². The summed E-state index contributed by atoms with van der Waals surface area (Å²) in [6.45, 7) is 0.657. The van der Waals surface area contributed by atoms with E-state index in [-0.39, 0.29) is 23.7 Å². The molecule has 170 valence electrons. The third-order valence-electron chi connectivity index (χ3n) is 4.43. The van der Waals surface area contributed by atoms with Crippen LogP contribution in [0.2, 0.25) is 10.0 Å². The van der Waals surface area contributed by atoms with Crippen molar-refractivity contribution < 1.29 is 27.5 Å². The predicted molar refractivity (Wildman–Crippen MR) is 121 cm³/mol. The fraction of sp³-hybridized carbons (Fsp3) is 0.238. The summed E-state index contributed by atoms with van der Waals surface area (Å²) in [6, 6.07) is 10.7. The van der Waals surface area contributed by atoms with Crippen molar-refractivity contribution in [3.05, 3.63) is 64.1 Å². The van der Waals surface area contributed by atoms with Crippen LogP contribution in [-0.2, 0) is 29.1 Å². The van der Waals surface area contributed by atoms with E-state index in [9.17, 15) is 18.0 Å². The Morgan fingerprint density at radius 1 is 1.12 bits per heavy atom. The number of carbonyl (C=O) groups is 2. The van der Waals surface area contributed by atoms with Crippen LogP contribution in [-0.4, -0.2) is 57.5 Å². The fourth-order valence-electron chi connectivity index (χ4n) is 2.85. The SMILES string of the molecule is O=C(COC(=O)/C=C/c1ccc(Cl)cc1Cl)Nc1cccc(S(=O)(=O)N2CCOCC2)c1. The van der Waals surface area contributed by atoms with E-state index in [0.29, 0.717) is 28.8 Å². The minimum atomic E-state index is -3.70. The molecule has 0 radical (unpaired) electrons. The van der Waals surface area contributed by atoms with Crippen LogP contribution < -0.4 is 5.32 Å². The summed E-state index contributed by atoms with van der Waals surface area (Å²) in [5.74, 6) is -1.35. The van der Waals surface area contributed by atoms with Crippen molar-refractivity contribution in [2.45, 2.75) is 4.90 Å². The zero-order chi connectivity index (χ0) is 23.1. The van der Waals surface area contributed by atoms with Gasteiger partial charge >= 0.3 is 5.97 Å². The topological polar surface area (TPSA) is 102 Å². The lowest BCUT2D eigenvalue weighted by atomic mass is 10.2. The van der Waals surface area contributed by atoms with Gasteiger partial charge in [-0.15, -0.1) is 0 Å². The van der Waals surface area contributed by atoms with Crippen LogP contribution >= 0.6 is 23.2 Å². The second-order valence-corrected chi connectivity index (χ2v) is 9.48. The van der Waals surface area contributed by atoms with E-state index in [4.69, 9.17) is 32.7 Å². The zero-order valence-corrected chi connectivity index (χ0v) is 19.1. The number of amides is 1. The van der Waals surface area contributed by atoms with Crippen LogP contribution in [0, 0.1) is 0 Å². The molecule has 2 aromatic rings. The minimum Gasteiger partial charge on any atom is -0.452 e. The van der Waals surface area contributed by atoms with E-state index < -0.39 is 28.5 Å². The van der Waals surface area contributed by atoms with Crippen molar-refractivity contribution in [1.82, 2.24) is 4.31 Å². The van der Waals surface area contributed by atoms with Gasteiger partial charge in [-0.1, -0.05) is 35.3 Å². The maximum Gasteiger partial charge on any atom is 0.331 e. The highest BCUT2D eigenvalue weighted by molar-refractivity contribution is 7.89. The molecule has 0 aromatic heterocycles. The Labute approximate surface area is 195 Å². The first kappa shape index (κ1) is 24.2. The molecule has 1 N–H and O–H groups in total. The summed E-state index contributed by atoms with van der Waals surface area (Å²) in [5, 5.41) is 3.35. The molecule has 0 atom stereocenters. The van der Waals surface area contributed by atoms with Gasteiger partial charge in [0.2, 0.25) is 10.0 Å². The molecule has 1 aliphatic rings. The van der Waals surface area contributed by atoms with Crippen LogP contribution in [0.3, 0.4) is 0 Å². The Morgan fingerprint density at radius 2 is 1.88 bits per heavy atom. The van der Waals surface area contributed by atoms with Crippen molar-refractivity contribution >= 4 is 56.9 Å². The number of morpholine rings is 1. The number of anilines is 1. The number of ether oxygens (including phenoxy) is 2. The van der Waals surface area contributed by atoms with Gasteiger partial charge in [-0.25, -0.2) is 13.2 Å². The molecule has 0 aliphatic carbocycles.